The minimum Gasteiger partial charge on any atom is -0.490 e. The molecular formula is C37H47F3O2. The van der Waals surface area contributed by atoms with E-state index in [1.165, 1.54) is 51.0 Å². The van der Waals surface area contributed by atoms with Crippen LogP contribution < -0.4 is 4.74 Å². The minimum absolute atomic E-state index is 0.0511. The highest BCUT2D eigenvalue weighted by atomic mass is 19.2. The van der Waals surface area contributed by atoms with Crippen molar-refractivity contribution in [1.82, 2.24) is 0 Å². The summed E-state index contributed by atoms with van der Waals surface area (Å²) in [6.07, 6.45) is 14.8. The monoisotopic (exact) mass is 580 g/mol. The van der Waals surface area contributed by atoms with Gasteiger partial charge in [0.05, 0.1) is 19.3 Å². The molecule has 1 fully saturated rings. The molecule has 5 heteroatoms. The summed E-state index contributed by atoms with van der Waals surface area (Å²) in [6, 6.07) is 15.5. The van der Waals surface area contributed by atoms with Gasteiger partial charge in [-0.25, -0.2) is 8.78 Å². The third kappa shape index (κ3) is 8.86. The summed E-state index contributed by atoms with van der Waals surface area (Å²) in [5, 5.41) is 0. The quantitative estimate of drug-likeness (QED) is 0.157. The first-order valence-electron chi connectivity index (χ1n) is 16.1. The van der Waals surface area contributed by atoms with Crippen molar-refractivity contribution in [3.8, 4) is 28.0 Å². The Balaban J connectivity index is 1.32. The van der Waals surface area contributed by atoms with Crippen LogP contribution in [0.2, 0.25) is 0 Å². The first-order valence-corrected chi connectivity index (χ1v) is 16.1. The predicted octanol–water partition coefficient (Wildman–Crippen LogP) is 11.4. The summed E-state index contributed by atoms with van der Waals surface area (Å²) in [4.78, 5) is 0. The van der Waals surface area contributed by atoms with Gasteiger partial charge in [-0.05, 0) is 66.1 Å². The Kier molecular flexibility index (Phi) is 12.8. The van der Waals surface area contributed by atoms with E-state index in [1.54, 1.807) is 24.3 Å². The van der Waals surface area contributed by atoms with Crippen LogP contribution in [0.15, 0.2) is 54.6 Å². The molecule has 0 amide bonds. The van der Waals surface area contributed by atoms with Crippen molar-refractivity contribution in [2.45, 2.75) is 109 Å². The van der Waals surface area contributed by atoms with Gasteiger partial charge in [0.25, 0.3) is 0 Å². The molecule has 1 saturated heterocycles. The van der Waals surface area contributed by atoms with Crippen molar-refractivity contribution >= 4 is 0 Å². The van der Waals surface area contributed by atoms with E-state index in [1.807, 2.05) is 24.3 Å². The van der Waals surface area contributed by atoms with Crippen molar-refractivity contribution in [3.05, 3.63) is 77.6 Å². The molecule has 1 aliphatic heterocycles. The SMILES string of the molecule is CCCCCCCCCOc1ccc(-c2ccc(-c3ccc(C4CCC(CCCCC)OC4)c(F)c3)cc2)c(F)c1F. The molecule has 4 rings (SSSR count). The van der Waals surface area contributed by atoms with Crippen molar-refractivity contribution in [2.75, 3.05) is 13.2 Å². The second-order valence-corrected chi connectivity index (χ2v) is 11.7. The van der Waals surface area contributed by atoms with Crippen molar-refractivity contribution in [2.24, 2.45) is 0 Å². The fraction of sp³-hybridized carbons (Fsp3) is 0.514. The molecule has 42 heavy (non-hydrogen) atoms. The number of rotatable bonds is 16. The van der Waals surface area contributed by atoms with Gasteiger partial charge in [0.15, 0.2) is 11.6 Å². The van der Waals surface area contributed by atoms with Crippen LogP contribution in [0.25, 0.3) is 22.3 Å². The molecule has 0 N–H and O–H groups in total. The van der Waals surface area contributed by atoms with Gasteiger partial charge in [-0.1, -0.05) is 108 Å². The maximum absolute atomic E-state index is 15.2. The van der Waals surface area contributed by atoms with E-state index in [9.17, 15) is 8.78 Å². The lowest BCUT2D eigenvalue weighted by Crippen LogP contribution is -2.25. The highest BCUT2D eigenvalue weighted by Crippen LogP contribution is 2.35. The third-order valence-electron chi connectivity index (χ3n) is 8.52. The largest absolute Gasteiger partial charge is 0.490 e. The molecule has 3 aromatic rings. The van der Waals surface area contributed by atoms with E-state index < -0.39 is 11.6 Å². The lowest BCUT2D eigenvalue weighted by atomic mass is 9.88. The Morgan fingerprint density at radius 2 is 1.36 bits per heavy atom. The zero-order valence-corrected chi connectivity index (χ0v) is 25.4. The average Bonchev–Trinajstić information content (AvgIpc) is 3.01. The molecule has 2 unspecified atom stereocenters. The molecule has 0 aliphatic carbocycles. The smallest absolute Gasteiger partial charge is 0.201 e. The molecule has 0 spiro atoms. The van der Waals surface area contributed by atoms with Gasteiger partial charge in [-0.15, -0.1) is 0 Å². The van der Waals surface area contributed by atoms with Crippen LogP contribution in [0.4, 0.5) is 13.2 Å². The molecule has 2 atom stereocenters. The van der Waals surface area contributed by atoms with Gasteiger partial charge in [-0.3, -0.25) is 0 Å². The van der Waals surface area contributed by atoms with Gasteiger partial charge in [-0.2, -0.15) is 4.39 Å². The Morgan fingerprint density at radius 1 is 0.690 bits per heavy atom. The number of hydrogen-bond donors (Lipinski definition) is 0. The second kappa shape index (κ2) is 16.7. The fourth-order valence-corrected chi connectivity index (χ4v) is 5.89. The molecule has 2 nitrogen and oxygen atoms in total. The lowest BCUT2D eigenvalue weighted by molar-refractivity contribution is -0.00267. The fourth-order valence-electron chi connectivity index (χ4n) is 5.89. The van der Waals surface area contributed by atoms with E-state index in [0.717, 1.165) is 49.7 Å². The number of unbranched alkanes of at least 4 members (excludes halogenated alkanes) is 8. The van der Waals surface area contributed by atoms with Crippen LogP contribution in [0, 0.1) is 17.5 Å². The topological polar surface area (TPSA) is 18.5 Å². The Morgan fingerprint density at radius 3 is 2.05 bits per heavy atom. The summed E-state index contributed by atoms with van der Waals surface area (Å²) >= 11 is 0. The summed E-state index contributed by atoms with van der Waals surface area (Å²) in [7, 11) is 0. The molecular weight excluding hydrogens is 533 g/mol. The first kappa shape index (κ1) is 32.1. The maximum atomic E-state index is 15.2. The van der Waals surface area contributed by atoms with Crippen molar-refractivity contribution in [1.29, 1.82) is 0 Å². The Labute approximate surface area is 250 Å². The van der Waals surface area contributed by atoms with Gasteiger partial charge < -0.3 is 9.47 Å². The molecule has 1 heterocycles. The van der Waals surface area contributed by atoms with Crippen LogP contribution in [0.5, 0.6) is 5.75 Å². The highest BCUT2D eigenvalue weighted by molar-refractivity contribution is 5.71. The second-order valence-electron chi connectivity index (χ2n) is 11.7. The summed E-state index contributed by atoms with van der Waals surface area (Å²) in [6.45, 7) is 5.33. The third-order valence-corrected chi connectivity index (χ3v) is 8.52. The van der Waals surface area contributed by atoms with Crippen molar-refractivity contribution in [3.63, 3.8) is 0 Å². The zero-order chi connectivity index (χ0) is 29.7. The first-order chi connectivity index (χ1) is 20.5. The van der Waals surface area contributed by atoms with Crippen LogP contribution in [-0.4, -0.2) is 19.3 Å². The predicted molar refractivity (Wildman–Crippen MR) is 167 cm³/mol. The molecule has 1 aliphatic rings. The van der Waals surface area contributed by atoms with Gasteiger partial charge in [0.2, 0.25) is 5.82 Å². The van der Waals surface area contributed by atoms with Gasteiger partial charge >= 0.3 is 0 Å². The number of halogens is 3. The average molecular weight is 581 g/mol. The van der Waals surface area contributed by atoms with Gasteiger partial charge in [0.1, 0.15) is 5.82 Å². The number of ether oxygens (including phenoxy) is 2. The molecule has 0 radical (unpaired) electrons. The number of hydrogen-bond acceptors (Lipinski definition) is 2. The molecule has 3 aromatic carbocycles. The molecule has 0 bridgehead atoms. The minimum atomic E-state index is -0.962. The van der Waals surface area contributed by atoms with E-state index in [4.69, 9.17) is 9.47 Å². The summed E-state index contributed by atoms with van der Waals surface area (Å²) in [5.74, 6) is -2.09. The van der Waals surface area contributed by atoms with E-state index in [-0.39, 0.29) is 23.0 Å². The maximum Gasteiger partial charge on any atom is 0.201 e. The standard InChI is InChI=1S/C37H47F3O2/c1-3-5-7-8-9-10-12-24-41-35-23-22-33(36(39)37(35)40)28-16-14-27(15-17-28)29-19-21-32(34(38)25-29)30-18-20-31(42-26-30)13-11-6-4-2/h14-17,19,21-23,25,30-31H,3-13,18,20,24,26H2,1-2H3. The summed E-state index contributed by atoms with van der Waals surface area (Å²) < 4.78 is 56.5. The summed E-state index contributed by atoms with van der Waals surface area (Å²) in [5.41, 5.74) is 3.00. The van der Waals surface area contributed by atoms with E-state index in [2.05, 4.69) is 13.8 Å². The Hall–Kier alpha value is -2.79. The molecule has 0 saturated carbocycles. The highest BCUT2D eigenvalue weighted by Gasteiger charge is 2.25. The Bertz CT molecular complexity index is 1230. The van der Waals surface area contributed by atoms with Crippen molar-refractivity contribution < 1.29 is 22.6 Å². The molecule has 0 aromatic heterocycles. The number of benzene rings is 3. The normalized spacial score (nSPS) is 17.0. The van der Waals surface area contributed by atoms with Crippen LogP contribution in [0.3, 0.4) is 0 Å². The van der Waals surface area contributed by atoms with Crippen LogP contribution >= 0.6 is 0 Å². The van der Waals surface area contributed by atoms with E-state index >= 15 is 4.39 Å². The molecule has 228 valence electrons. The van der Waals surface area contributed by atoms with Gasteiger partial charge in [0, 0.05) is 11.5 Å². The zero-order valence-electron chi connectivity index (χ0n) is 25.4. The van der Waals surface area contributed by atoms with Crippen LogP contribution in [0.1, 0.15) is 109 Å². The van der Waals surface area contributed by atoms with Crippen LogP contribution in [-0.2, 0) is 4.74 Å². The van der Waals surface area contributed by atoms with E-state index in [0.29, 0.717) is 30.4 Å². The lowest BCUT2D eigenvalue weighted by Gasteiger charge is -2.29.